The van der Waals surface area contributed by atoms with E-state index in [1.54, 1.807) is 12.1 Å². The van der Waals surface area contributed by atoms with Crippen LogP contribution in [0.5, 0.6) is 5.75 Å². The number of nitrogens with one attached hydrogen (secondary N) is 3. The topological polar surface area (TPSA) is 58.2 Å². The van der Waals surface area contributed by atoms with Crippen molar-refractivity contribution in [3.05, 3.63) is 58.6 Å². The lowest BCUT2D eigenvalue weighted by molar-refractivity contribution is -0.274. The summed E-state index contributed by atoms with van der Waals surface area (Å²) in [6, 6.07) is 15.2. The molecule has 1 heterocycles. The molecule has 0 amide bonds. The van der Waals surface area contributed by atoms with Crippen molar-refractivity contribution < 1.29 is 17.9 Å². The Morgan fingerprint density at radius 3 is 2.44 bits per heavy atom. The SMILES string of the molecule is CNc1cc(NC2CCC(CNCc3ccc(Br)cc3OC(F)(F)F)CC2)nc2ccccc12.Cl.Cl. The zero-order valence-corrected chi connectivity index (χ0v) is 22.9. The number of benzene rings is 2. The van der Waals surface area contributed by atoms with Crippen LogP contribution >= 0.6 is 40.7 Å². The third-order valence-corrected chi connectivity index (χ3v) is 6.68. The number of hydrogen-bond donors (Lipinski definition) is 3. The molecule has 0 atom stereocenters. The molecule has 198 valence electrons. The van der Waals surface area contributed by atoms with Gasteiger partial charge in [-0.25, -0.2) is 4.98 Å². The molecular formula is C25H30BrCl2F3N4O. The fourth-order valence-electron chi connectivity index (χ4n) is 4.48. The van der Waals surface area contributed by atoms with E-state index in [1.165, 1.54) is 6.07 Å². The highest BCUT2D eigenvalue weighted by molar-refractivity contribution is 9.10. The third kappa shape index (κ3) is 8.30. The summed E-state index contributed by atoms with van der Waals surface area (Å²) in [4.78, 5) is 4.76. The van der Waals surface area contributed by atoms with Gasteiger partial charge in [-0.05, 0) is 56.3 Å². The summed E-state index contributed by atoms with van der Waals surface area (Å²) in [6.45, 7) is 1.08. The van der Waals surface area contributed by atoms with Crippen LogP contribution in [-0.4, -0.2) is 31.0 Å². The van der Waals surface area contributed by atoms with E-state index in [2.05, 4.69) is 48.7 Å². The maximum atomic E-state index is 12.7. The molecule has 1 aliphatic carbocycles. The Bertz CT molecular complexity index is 1130. The molecule has 11 heteroatoms. The molecule has 0 spiro atoms. The first-order valence-electron chi connectivity index (χ1n) is 11.4. The minimum absolute atomic E-state index is 0. The summed E-state index contributed by atoms with van der Waals surface area (Å²) in [5, 5.41) is 11.2. The molecule has 0 bridgehead atoms. The monoisotopic (exact) mass is 608 g/mol. The number of anilines is 2. The van der Waals surface area contributed by atoms with Crippen molar-refractivity contribution in [3.63, 3.8) is 0 Å². The smallest absolute Gasteiger partial charge is 0.405 e. The van der Waals surface area contributed by atoms with E-state index in [4.69, 9.17) is 4.98 Å². The molecule has 0 saturated heterocycles. The number of halogens is 6. The molecule has 3 aromatic rings. The van der Waals surface area contributed by atoms with Gasteiger partial charge in [-0.15, -0.1) is 38.0 Å². The summed E-state index contributed by atoms with van der Waals surface area (Å²) in [6.07, 6.45) is -0.575. The van der Waals surface area contributed by atoms with Crippen LogP contribution in [0.4, 0.5) is 24.7 Å². The van der Waals surface area contributed by atoms with E-state index in [0.29, 0.717) is 28.5 Å². The number of ether oxygens (including phenoxy) is 1. The number of pyridine rings is 1. The van der Waals surface area contributed by atoms with Gasteiger partial charge in [-0.2, -0.15) is 0 Å². The molecular weight excluding hydrogens is 580 g/mol. The lowest BCUT2D eigenvalue weighted by atomic mass is 9.86. The van der Waals surface area contributed by atoms with E-state index in [9.17, 15) is 13.2 Å². The normalized spacial score (nSPS) is 17.6. The lowest BCUT2D eigenvalue weighted by Crippen LogP contribution is -2.31. The molecule has 1 fully saturated rings. The zero-order valence-electron chi connectivity index (χ0n) is 19.7. The highest BCUT2D eigenvalue weighted by Crippen LogP contribution is 2.31. The molecule has 0 radical (unpaired) electrons. The minimum Gasteiger partial charge on any atom is -0.405 e. The van der Waals surface area contributed by atoms with Crippen molar-refractivity contribution in [2.45, 2.75) is 44.6 Å². The average molecular weight is 610 g/mol. The first-order chi connectivity index (χ1) is 16.3. The summed E-state index contributed by atoms with van der Waals surface area (Å²) in [5.74, 6) is 1.18. The molecule has 1 saturated carbocycles. The molecule has 1 aromatic heterocycles. The summed E-state index contributed by atoms with van der Waals surface area (Å²) < 4.78 is 42.8. The fourth-order valence-corrected chi connectivity index (χ4v) is 4.82. The minimum atomic E-state index is -4.71. The second-order valence-electron chi connectivity index (χ2n) is 8.61. The number of para-hydroxylation sites is 1. The van der Waals surface area contributed by atoms with Crippen LogP contribution in [-0.2, 0) is 6.54 Å². The predicted molar refractivity (Wildman–Crippen MR) is 148 cm³/mol. The van der Waals surface area contributed by atoms with Crippen molar-refractivity contribution in [2.24, 2.45) is 5.92 Å². The van der Waals surface area contributed by atoms with Gasteiger partial charge in [0.15, 0.2) is 0 Å². The quantitative estimate of drug-likeness (QED) is 0.246. The Balaban J connectivity index is 0.00000228. The summed E-state index contributed by atoms with van der Waals surface area (Å²) >= 11 is 3.20. The highest BCUT2D eigenvalue weighted by Gasteiger charge is 2.32. The number of fused-ring (bicyclic) bond motifs is 1. The van der Waals surface area contributed by atoms with E-state index in [1.807, 2.05) is 25.2 Å². The molecule has 4 rings (SSSR count). The third-order valence-electron chi connectivity index (χ3n) is 6.19. The Hall–Kier alpha value is -1.94. The summed E-state index contributed by atoms with van der Waals surface area (Å²) in [5.41, 5.74) is 2.49. The lowest BCUT2D eigenvalue weighted by Gasteiger charge is -2.30. The van der Waals surface area contributed by atoms with Gasteiger partial charge in [0.1, 0.15) is 11.6 Å². The van der Waals surface area contributed by atoms with Gasteiger partial charge in [0.2, 0.25) is 0 Å². The van der Waals surface area contributed by atoms with E-state index >= 15 is 0 Å². The van der Waals surface area contributed by atoms with Crippen molar-refractivity contribution in [3.8, 4) is 5.75 Å². The maximum Gasteiger partial charge on any atom is 0.573 e. The van der Waals surface area contributed by atoms with Gasteiger partial charge in [0.05, 0.1) is 5.52 Å². The molecule has 0 unspecified atom stereocenters. The second-order valence-corrected chi connectivity index (χ2v) is 9.53. The Morgan fingerprint density at radius 1 is 1.03 bits per heavy atom. The molecule has 2 aromatic carbocycles. The highest BCUT2D eigenvalue weighted by atomic mass is 79.9. The van der Waals surface area contributed by atoms with Crippen LogP contribution in [0.15, 0.2) is 53.0 Å². The number of alkyl halides is 3. The maximum absolute atomic E-state index is 12.7. The van der Waals surface area contributed by atoms with Gasteiger partial charge in [0.25, 0.3) is 0 Å². The largest absolute Gasteiger partial charge is 0.573 e. The second kappa shape index (κ2) is 13.6. The molecule has 36 heavy (non-hydrogen) atoms. The predicted octanol–water partition coefficient (Wildman–Crippen LogP) is 7.54. The fraction of sp³-hybridized carbons (Fsp3) is 0.400. The van der Waals surface area contributed by atoms with Crippen molar-refractivity contribution in [2.75, 3.05) is 24.2 Å². The number of nitrogens with zero attached hydrogens (tertiary/aromatic N) is 1. The Kier molecular flexibility index (Phi) is 11.4. The van der Waals surface area contributed by atoms with E-state index in [-0.39, 0.29) is 30.6 Å². The van der Waals surface area contributed by atoms with Crippen LogP contribution < -0.4 is 20.7 Å². The van der Waals surface area contributed by atoms with Crippen LogP contribution in [0, 0.1) is 5.92 Å². The van der Waals surface area contributed by atoms with Crippen LogP contribution in [0.25, 0.3) is 10.9 Å². The van der Waals surface area contributed by atoms with Gasteiger partial charge in [0, 0.05) is 46.8 Å². The van der Waals surface area contributed by atoms with Crippen molar-refractivity contribution >= 4 is 63.2 Å². The van der Waals surface area contributed by atoms with E-state index in [0.717, 1.165) is 54.6 Å². The number of aromatic nitrogens is 1. The van der Waals surface area contributed by atoms with Crippen LogP contribution in [0.3, 0.4) is 0 Å². The number of rotatable bonds is 8. The van der Waals surface area contributed by atoms with E-state index < -0.39 is 6.36 Å². The Labute approximate surface area is 229 Å². The van der Waals surface area contributed by atoms with Crippen molar-refractivity contribution in [1.82, 2.24) is 10.3 Å². The average Bonchev–Trinajstić information content (AvgIpc) is 2.80. The molecule has 3 N–H and O–H groups in total. The first kappa shape index (κ1) is 30.3. The van der Waals surface area contributed by atoms with Gasteiger partial charge in [-0.3, -0.25) is 0 Å². The Morgan fingerprint density at radius 2 is 1.75 bits per heavy atom. The van der Waals surface area contributed by atoms with Crippen LogP contribution in [0.2, 0.25) is 0 Å². The van der Waals surface area contributed by atoms with Gasteiger partial charge in [-0.1, -0.05) is 40.2 Å². The van der Waals surface area contributed by atoms with Gasteiger partial charge < -0.3 is 20.7 Å². The van der Waals surface area contributed by atoms with Crippen LogP contribution in [0.1, 0.15) is 31.2 Å². The number of hydrogen-bond acceptors (Lipinski definition) is 5. The van der Waals surface area contributed by atoms with Crippen molar-refractivity contribution in [1.29, 1.82) is 0 Å². The summed E-state index contributed by atoms with van der Waals surface area (Å²) in [7, 11) is 1.91. The standard InChI is InChI=1S/C25H28BrF3N4O.2ClH/c1-30-22-13-24(33-21-5-3-2-4-20(21)22)32-19-10-6-16(7-11-19)14-31-15-17-8-9-18(26)12-23(17)34-25(27,28)29;;/h2-5,8-9,12-13,16,19,31H,6-7,10-11,14-15H2,1H3,(H2,30,32,33);2*1H. The first-order valence-corrected chi connectivity index (χ1v) is 12.2. The van der Waals surface area contributed by atoms with Gasteiger partial charge >= 0.3 is 6.36 Å². The molecule has 1 aliphatic rings. The zero-order chi connectivity index (χ0) is 24.1. The molecule has 0 aliphatic heterocycles. The molecule has 5 nitrogen and oxygen atoms in total.